The van der Waals surface area contributed by atoms with Gasteiger partial charge >= 0.3 is 5.97 Å². The number of fused-ring (bicyclic) bond motifs is 7. The van der Waals surface area contributed by atoms with Crippen LogP contribution >= 0.6 is 0 Å². The van der Waals surface area contributed by atoms with Crippen LogP contribution in [0.25, 0.3) is 21.5 Å². The molecule has 0 radical (unpaired) electrons. The molecule has 2 aliphatic heterocycles. The highest BCUT2D eigenvalue weighted by molar-refractivity contribution is 6.12. The summed E-state index contributed by atoms with van der Waals surface area (Å²) in [6, 6.07) is 15.9. The molecule has 4 aromatic rings. The molecule has 1 atom stereocenters. The maximum absolute atomic E-state index is 10.2. The molecule has 0 aliphatic carbocycles. The Bertz CT molecular complexity index is 1450. The molecule has 6 rings (SSSR count). The first-order chi connectivity index (χ1) is 17.4. The molecule has 4 aromatic carbocycles. The molecule has 1 fully saturated rings. The predicted molar refractivity (Wildman–Crippen MR) is 138 cm³/mol. The van der Waals surface area contributed by atoms with E-state index in [-0.39, 0.29) is 11.3 Å². The van der Waals surface area contributed by atoms with Gasteiger partial charge in [0.2, 0.25) is 0 Å². The van der Waals surface area contributed by atoms with Crippen molar-refractivity contribution in [1.82, 2.24) is 4.90 Å². The number of carboxylic acid groups (broad SMARTS) is 1. The van der Waals surface area contributed by atoms with E-state index in [0.29, 0.717) is 11.8 Å². The fourth-order valence-electron chi connectivity index (χ4n) is 5.49. The zero-order valence-corrected chi connectivity index (χ0v) is 20.3. The maximum Gasteiger partial charge on any atom is 0.335 e. The molecule has 7 nitrogen and oxygen atoms in total. The molecular weight excluding hydrogens is 458 g/mol. The van der Waals surface area contributed by atoms with E-state index >= 15 is 0 Å². The van der Waals surface area contributed by atoms with Crippen molar-refractivity contribution in [2.24, 2.45) is 0 Å². The van der Waals surface area contributed by atoms with E-state index < -0.39 is 5.97 Å². The molecule has 0 amide bonds. The molecule has 3 N–H and O–H groups in total. The highest BCUT2D eigenvalue weighted by Crippen LogP contribution is 2.44. The Hall–Kier alpha value is -3.97. The lowest BCUT2D eigenvalue weighted by molar-refractivity contribution is 0.0697. The number of hydrogen-bond acceptors (Lipinski definition) is 6. The van der Waals surface area contributed by atoms with Gasteiger partial charge in [0.15, 0.2) is 11.5 Å². The Morgan fingerprint density at radius 2 is 1.47 bits per heavy atom. The summed E-state index contributed by atoms with van der Waals surface area (Å²) < 4.78 is 11.1. The largest absolute Gasteiger partial charge is 0.508 e. The lowest BCUT2D eigenvalue weighted by Gasteiger charge is -2.33. The molecule has 0 aromatic heterocycles. The minimum atomic E-state index is -0.986. The summed E-state index contributed by atoms with van der Waals surface area (Å²) in [5, 5.41) is 31.9. The first kappa shape index (κ1) is 23.8. The average molecular weight is 488 g/mol. The van der Waals surface area contributed by atoms with Gasteiger partial charge in [0, 0.05) is 12.6 Å². The number of hydrogen-bond donors (Lipinski definition) is 3. The van der Waals surface area contributed by atoms with E-state index in [1.807, 2.05) is 6.07 Å². The van der Waals surface area contributed by atoms with E-state index in [4.69, 9.17) is 19.7 Å². The number of phenolic OH excluding ortho intramolecular Hbond substituents is 2. The van der Waals surface area contributed by atoms with Gasteiger partial charge in [-0.25, -0.2) is 4.79 Å². The Kier molecular flexibility index (Phi) is 6.33. The highest BCUT2D eigenvalue weighted by Gasteiger charge is 2.32. The van der Waals surface area contributed by atoms with Crippen LogP contribution in [0.5, 0.6) is 23.0 Å². The zero-order valence-electron chi connectivity index (χ0n) is 20.3. The van der Waals surface area contributed by atoms with Crippen molar-refractivity contribution in [3.63, 3.8) is 0 Å². The van der Waals surface area contributed by atoms with Gasteiger partial charge < -0.3 is 24.8 Å². The van der Waals surface area contributed by atoms with Crippen LogP contribution in [0.2, 0.25) is 0 Å². The third kappa shape index (κ3) is 4.27. The third-order valence-corrected chi connectivity index (χ3v) is 7.25. The number of ether oxygens (including phenoxy) is 2. The predicted octanol–water partition coefficient (Wildman–Crippen LogP) is 5.33. The normalized spacial score (nSPS) is 16.7. The molecule has 7 heteroatoms. The van der Waals surface area contributed by atoms with Crippen molar-refractivity contribution < 1.29 is 29.6 Å². The van der Waals surface area contributed by atoms with Gasteiger partial charge in [-0.2, -0.15) is 0 Å². The summed E-state index contributed by atoms with van der Waals surface area (Å²) in [5.41, 5.74) is 3.01. The average Bonchev–Trinajstić information content (AvgIpc) is 3.35. The van der Waals surface area contributed by atoms with Gasteiger partial charge in [0.05, 0.1) is 19.8 Å². The van der Waals surface area contributed by atoms with Gasteiger partial charge in [-0.05, 0) is 107 Å². The zero-order chi connectivity index (χ0) is 25.4. The van der Waals surface area contributed by atoms with Crippen LogP contribution in [0, 0.1) is 0 Å². The van der Waals surface area contributed by atoms with Crippen LogP contribution in [0.1, 0.15) is 34.3 Å². The Morgan fingerprint density at radius 3 is 2.14 bits per heavy atom. The van der Waals surface area contributed by atoms with E-state index in [1.54, 1.807) is 20.3 Å². The number of rotatable bonds is 3. The summed E-state index contributed by atoms with van der Waals surface area (Å²) in [4.78, 5) is 12.8. The topological polar surface area (TPSA) is 99.5 Å². The molecular formula is C29H29NO6. The molecule has 1 saturated heterocycles. The van der Waals surface area contributed by atoms with Gasteiger partial charge in [0.25, 0.3) is 0 Å². The minimum absolute atomic E-state index is 0.0741. The monoisotopic (exact) mass is 487 g/mol. The number of nitrogens with zero attached hydrogens (tertiary/aromatic N) is 1. The summed E-state index contributed by atoms with van der Waals surface area (Å²) in [5.74, 6) is 0.867. The molecule has 0 spiro atoms. The summed E-state index contributed by atoms with van der Waals surface area (Å²) in [7, 11) is 3.35. The molecule has 0 saturated carbocycles. The molecule has 36 heavy (non-hydrogen) atoms. The van der Waals surface area contributed by atoms with E-state index in [0.717, 1.165) is 35.2 Å². The second kappa shape index (κ2) is 9.59. The van der Waals surface area contributed by atoms with Gasteiger partial charge in [-0.3, -0.25) is 4.90 Å². The molecule has 1 unspecified atom stereocenters. The first-order valence-electron chi connectivity index (χ1n) is 12.0. The maximum atomic E-state index is 10.2. The number of benzene rings is 4. The van der Waals surface area contributed by atoms with Crippen molar-refractivity contribution in [3.8, 4) is 23.0 Å². The number of carbonyl (C=O) groups is 1. The van der Waals surface area contributed by atoms with Crippen molar-refractivity contribution >= 4 is 27.5 Å². The Balaban J connectivity index is 0.000000226. The van der Waals surface area contributed by atoms with Gasteiger partial charge in [-0.1, -0.05) is 6.07 Å². The highest BCUT2D eigenvalue weighted by atomic mass is 16.5. The lowest BCUT2D eigenvalue weighted by Crippen LogP contribution is -2.35. The number of methoxy groups -OCH3 is 2. The second-order valence-corrected chi connectivity index (χ2v) is 9.26. The third-order valence-electron chi connectivity index (χ3n) is 7.25. The van der Waals surface area contributed by atoms with Crippen molar-refractivity contribution in [1.29, 1.82) is 0 Å². The van der Waals surface area contributed by atoms with Crippen LogP contribution in [-0.2, 0) is 13.0 Å². The fourth-order valence-corrected chi connectivity index (χ4v) is 5.49. The van der Waals surface area contributed by atoms with Crippen LogP contribution in [0.15, 0.2) is 54.6 Å². The van der Waals surface area contributed by atoms with Crippen LogP contribution < -0.4 is 9.47 Å². The Morgan fingerprint density at radius 1 is 0.833 bits per heavy atom. The van der Waals surface area contributed by atoms with Crippen molar-refractivity contribution in [2.75, 3.05) is 20.8 Å². The van der Waals surface area contributed by atoms with Gasteiger partial charge in [0.1, 0.15) is 11.5 Å². The van der Waals surface area contributed by atoms with Crippen LogP contribution in [0.4, 0.5) is 0 Å². The summed E-state index contributed by atoms with van der Waals surface area (Å²) in [6.07, 6.45) is 3.65. The number of carboxylic acids is 1. The van der Waals surface area contributed by atoms with Crippen LogP contribution in [-0.4, -0.2) is 53.0 Å². The molecule has 186 valence electrons. The molecule has 0 bridgehead atoms. The van der Waals surface area contributed by atoms with Crippen LogP contribution in [0.3, 0.4) is 0 Å². The van der Waals surface area contributed by atoms with Crippen molar-refractivity contribution in [2.45, 2.75) is 31.8 Å². The Labute approximate surface area is 209 Å². The smallest absolute Gasteiger partial charge is 0.335 e. The lowest BCUT2D eigenvalue weighted by atomic mass is 9.85. The summed E-state index contributed by atoms with van der Waals surface area (Å²) in [6.45, 7) is 2.18. The second-order valence-electron chi connectivity index (χ2n) is 9.26. The standard InChI is InChI=1S/C22H23NO3.C7H6O3/c1-25-21-10-18-16-8-13-4-3-7-23(13)12-20(16)15-6-5-14(24)9-17(15)19(18)11-22(21)26-2;8-6-3-1-5(2-4-6)7(9)10/h5-6,9-11,13,24H,3-4,7-8,12H2,1-2H3;1-4,8H,(H,9,10). The number of phenols is 2. The van der Waals surface area contributed by atoms with E-state index in [2.05, 4.69) is 23.1 Å². The molecule has 2 aliphatic rings. The van der Waals surface area contributed by atoms with Crippen molar-refractivity contribution in [3.05, 3.63) is 71.3 Å². The van der Waals surface area contributed by atoms with E-state index in [9.17, 15) is 9.90 Å². The van der Waals surface area contributed by atoms with Gasteiger partial charge in [-0.15, -0.1) is 0 Å². The quantitative estimate of drug-likeness (QED) is 0.336. The summed E-state index contributed by atoms with van der Waals surface area (Å²) >= 11 is 0. The molecule has 2 heterocycles. The minimum Gasteiger partial charge on any atom is -0.508 e. The SMILES string of the molecule is COc1cc2c3c(c4ccc(O)cc4c2cc1OC)CN1CCCC1C3.O=C(O)c1ccc(O)cc1. The first-order valence-corrected chi connectivity index (χ1v) is 12.0. The van der Waals surface area contributed by atoms with E-state index in [1.165, 1.54) is 65.6 Å². The number of aromatic carboxylic acids is 1. The fraction of sp³-hybridized carbons (Fsp3) is 0.276. The number of aromatic hydroxyl groups is 2.